The second-order valence-corrected chi connectivity index (χ2v) is 7.10. The van der Waals surface area contributed by atoms with Crippen molar-refractivity contribution >= 4 is 10.1 Å². The van der Waals surface area contributed by atoms with E-state index in [-0.39, 0.29) is 24.3 Å². The Balaban J connectivity index is 2.13. The number of hydrogen-bond donors (Lipinski definition) is 0. The van der Waals surface area contributed by atoms with Gasteiger partial charge in [-0.15, -0.1) is 0 Å². The van der Waals surface area contributed by atoms with Crippen molar-refractivity contribution in [2.45, 2.75) is 12.3 Å². The number of halogens is 1. The van der Waals surface area contributed by atoms with Crippen molar-refractivity contribution in [3.8, 4) is 0 Å². The van der Waals surface area contributed by atoms with Crippen LogP contribution >= 0.6 is 0 Å². The van der Waals surface area contributed by atoms with Gasteiger partial charge in [0.25, 0.3) is 10.1 Å². The first-order valence-corrected chi connectivity index (χ1v) is 8.45. The van der Waals surface area contributed by atoms with E-state index >= 15 is 0 Å². The summed E-state index contributed by atoms with van der Waals surface area (Å²) in [6.07, 6.45) is 1.98. The zero-order chi connectivity index (χ0) is 14.8. The number of rotatable bonds is 4. The second kappa shape index (κ2) is 6.20. The number of benzene rings is 1. The van der Waals surface area contributed by atoms with E-state index in [0.717, 1.165) is 31.3 Å². The predicted octanol–water partition coefficient (Wildman–Crippen LogP) is 1.84. The molecule has 2 atom stereocenters. The molecule has 1 aliphatic rings. The van der Waals surface area contributed by atoms with Crippen molar-refractivity contribution in [1.29, 1.82) is 0 Å². The largest absolute Gasteiger partial charge is 0.306 e. The lowest BCUT2D eigenvalue weighted by Crippen LogP contribution is -2.39. The molecule has 20 heavy (non-hydrogen) atoms. The summed E-state index contributed by atoms with van der Waals surface area (Å²) in [5, 5.41) is 0. The van der Waals surface area contributed by atoms with Gasteiger partial charge in [0.2, 0.25) is 0 Å². The van der Waals surface area contributed by atoms with Crippen LogP contribution in [0, 0.1) is 11.7 Å². The minimum atomic E-state index is -3.43. The summed E-state index contributed by atoms with van der Waals surface area (Å²) in [4.78, 5) is 2.16. The van der Waals surface area contributed by atoms with Crippen LogP contribution in [-0.2, 0) is 14.3 Å². The lowest BCUT2D eigenvalue weighted by atomic mass is 9.81. The van der Waals surface area contributed by atoms with Gasteiger partial charge in [-0.05, 0) is 43.6 Å². The van der Waals surface area contributed by atoms with E-state index in [4.69, 9.17) is 4.18 Å². The van der Waals surface area contributed by atoms with Crippen molar-refractivity contribution in [2.75, 3.05) is 33.0 Å². The quantitative estimate of drug-likeness (QED) is 0.796. The summed E-state index contributed by atoms with van der Waals surface area (Å²) < 4.78 is 40.3. The fraction of sp³-hybridized carbons (Fsp3) is 0.571. The maximum Gasteiger partial charge on any atom is 0.264 e. The van der Waals surface area contributed by atoms with Crippen molar-refractivity contribution in [2.24, 2.45) is 5.92 Å². The number of piperidine rings is 1. The summed E-state index contributed by atoms with van der Waals surface area (Å²) >= 11 is 0. The van der Waals surface area contributed by atoms with Gasteiger partial charge in [0.15, 0.2) is 0 Å². The number of nitrogens with zero attached hydrogens (tertiary/aromatic N) is 1. The van der Waals surface area contributed by atoms with Crippen molar-refractivity contribution < 1.29 is 17.0 Å². The Kier molecular flexibility index (Phi) is 4.78. The Morgan fingerprint density at radius 1 is 1.35 bits per heavy atom. The van der Waals surface area contributed by atoms with Gasteiger partial charge in [-0.3, -0.25) is 4.18 Å². The van der Waals surface area contributed by atoms with E-state index in [1.54, 1.807) is 12.1 Å². The molecule has 0 bridgehead atoms. The van der Waals surface area contributed by atoms with Gasteiger partial charge in [-0.25, -0.2) is 4.39 Å². The molecule has 1 unspecified atom stereocenters. The summed E-state index contributed by atoms with van der Waals surface area (Å²) in [5.74, 6) is 0.0353. The van der Waals surface area contributed by atoms with Crippen LogP contribution < -0.4 is 0 Å². The summed E-state index contributed by atoms with van der Waals surface area (Å²) in [7, 11) is -1.42. The Morgan fingerprint density at radius 3 is 2.60 bits per heavy atom. The van der Waals surface area contributed by atoms with Gasteiger partial charge in [0, 0.05) is 12.5 Å². The fourth-order valence-corrected chi connectivity index (χ4v) is 3.16. The lowest BCUT2D eigenvalue weighted by molar-refractivity contribution is 0.133. The molecule has 0 spiro atoms. The summed E-state index contributed by atoms with van der Waals surface area (Å²) in [6.45, 7) is 1.89. The lowest BCUT2D eigenvalue weighted by Gasteiger charge is -2.36. The SMILES string of the molecule is CN1CC[C@@H](c2ccc(F)cc2)C(COS(C)(=O)=O)C1. The molecule has 1 saturated heterocycles. The van der Waals surface area contributed by atoms with Gasteiger partial charge in [-0.2, -0.15) is 8.42 Å². The number of hydrogen-bond acceptors (Lipinski definition) is 4. The van der Waals surface area contributed by atoms with E-state index in [0.29, 0.717) is 0 Å². The maximum absolute atomic E-state index is 13.0. The van der Waals surface area contributed by atoms with Crippen LogP contribution in [0.3, 0.4) is 0 Å². The highest BCUT2D eigenvalue weighted by atomic mass is 32.2. The van der Waals surface area contributed by atoms with Crippen molar-refractivity contribution in [3.05, 3.63) is 35.6 Å². The molecule has 1 heterocycles. The van der Waals surface area contributed by atoms with E-state index in [1.807, 2.05) is 7.05 Å². The van der Waals surface area contributed by atoms with E-state index in [9.17, 15) is 12.8 Å². The van der Waals surface area contributed by atoms with Gasteiger partial charge in [0.05, 0.1) is 12.9 Å². The highest BCUT2D eigenvalue weighted by molar-refractivity contribution is 7.85. The molecule has 0 radical (unpaired) electrons. The second-order valence-electron chi connectivity index (χ2n) is 5.46. The Hall–Kier alpha value is -0.980. The van der Waals surface area contributed by atoms with Crippen LogP contribution in [0.2, 0.25) is 0 Å². The average molecular weight is 301 g/mol. The monoisotopic (exact) mass is 301 g/mol. The molecule has 0 N–H and O–H groups in total. The van der Waals surface area contributed by atoms with E-state index < -0.39 is 10.1 Å². The molecule has 0 amide bonds. The van der Waals surface area contributed by atoms with Crippen LogP contribution in [0.5, 0.6) is 0 Å². The van der Waals surface area contributed by atoms with Crippen LogP contribution in [0.1, 0.15) is 17.9 Å². The molecule has 6 heteroatoms. The molecule has 0 saturated carbocycles. The molecule has 0 aliphatic carbocycles. The minimum Gasteiger partial charge on any atom is -0.306 e. The molecule has 0 aromatic heterocycles. The molecule has 1 aliphatic heterocycles. The average Bonchev–Trinajstić information content (AvgIpc) is 2.37. The first-order valence-electron chi connectivity index (χ1n) is 6.63. The summed E-state index contributed by atoms with van der Waals surface area (Å²) in [5.41, 5.74) is 1.04. The van der Waals surface area contributed by atoms with Gasteiger partial charge in [-0.1, -0.05) is 12.1 Å². The van der Waals surface area contributed by atoms with E-state index in [1.165, 1.54) is 12.1 Å². The van der Waals surface area contributed by atoms with Crippen molar-refractivity contribution in [1.82, 2.24) is 4.90 Å². The predicted molar refractivity (Wildman–Crippen MR) is 75.5 cm³/mol. The molecular weight excluding hydrogens is 281 g/mol. The minimum absolute atomic E-state index is 0.0916. The normalized spacial score (nSPS) is 24.8. The summed E-state index contributed by atoms with van der Waals surface area (Å²) in [6, 6.07) is 6.45. The number of likely N-dealkylation sites (tertiary alicyclic amines) is 1. The first-order chi connectivity index (χ1) is 9.35. The third kappa shape index (κ3) is 4.26. The van der Waals surface area contributed by atoms with Gasteiger partial charge < -0.3 is 4.90 Å². The van der Waals surface area contributed by atoms with Crippen LogP contribution in [0.4, 0.5) is 4.39 Å². The smallest absolute Gasteiger partial charge is 0.264 e. The molecular formula is C14H20FNO3S. The Bertz CT molecular complexity index is 544. The molecule has 112 valence electrons. The van der Waals surface area contributed by atoms with Crippen LogP contribution in [0.25, 0.3) is 0 Å². The zero-order valence-corrected chi connectivity index (χ0v) is 12.6. The Labute approximate surface area is 119 Å². The van der Waals surface area contributed by atoms with Crippen LogP contribution in [-0.4, -0.2) is 46.3 Å². The third-order valence-corrected chi connectivity index (χ3v) is 4.30. The molecule has 1 aromatic carbocycles. The molecule has 4 nitrogen and oxygen atoms in total. The van der Waals surface area contributed by atoms with Crippen molar-refractivity contribution in [3.63, 3.8) is 0 Å². The van der Waals surface area contributed by atoms with Gasteiger partial charge >= 0.3 is 0 Å². The highest BCUT2D eigenvalue weighted by Gasteiger charge is 2.30. The maximum atomic E-state index is 13.0. The topological polar surface area (TPSA) is 46.6 Å². The zero-order valence-electron chi connectivity index (χ0n) is 11.8. The Morgan fingerprint density at radius 2 is 2.00 bits per heavy atom. The first kappa shape index (κ1) is 15.4. The highest BCUT2D eigenvalue weighted by Crippen LogP contribution is 2.33. The van der Waals surface area contributed by atoms with Gasteiger partial charge in [0.1, 0.15) is 5.82 Å². The van der Waals surface area contributed by atoms with E-state index in [2.05, 4.69) is 4.90 Å². The van der Waals surface area contributed by atoms with Crippen LogP contribution in [0.15, 0.2) is 24.3 Å². The standard InChI is InChI=1S/C14H20FNO3S/c1-16-8-7-14(11-3-5-13(15)6-4-11)12(9-16)10-19-20(2,17)18/h3-6,12,14H,7-10H2,1-2H3/t12?,14-/m0/s1. The molecule has 2 rings (SSSR count). The molecule has 1 fully saturated rings. The third-order valence-electron chi connectivity index (χ3n) is 3.73. The fourth-order valence-electron chi connectivity index (χ4n) is 2.74. The molecule has 1 aromatic rings.